The molecule has 1 N–H and O–H groups in total. The van der Waals surface area contributed by atoms with E-state index in [1.165, 1.54) is 23.1 Å². The topological polar surface area (TPSA) is 43.8 Å². The predicted octanol–water partition coefficient (Wildman–Crippen LogP) is 1.77. The van der Waals surface area contributed by atoms with E-state index in [0.717, 1.165) is 13.0 Å². The fourth-order valence-electron chi connectivity index (χ4n) is 3.46. The molecule has 3 rings (SSSR count). The minimum absolute atomic E-state index is 0.159. The first kappa shape index (κ1) is 15.4. The molecule has 2 heterocycles. The summed E-state index contributed by atoms with van der Waals surface area (Å²) in [5, 5.41) is 9.66. The van der Waals surface area contributed by atoms with Crippen molar-refractivity contribution in [2.75, 3.05) is 24.5 Å². The predicted molar refractivity (Wildman–Crippen MR) is 78.5 cm³/mol. The number of rotatable bonds is 3. The van der Waals surface area contributed by atoms with E-state index < -0.39 is 17.7 Å². The maximum absolute atomic E-state index is 13.9. The highest BCUT2D eigenvalue weighted by molar-refractivity contribution is 5.99. The molecule has 1 aromatic carbocycles. The second-order valence-electron chi connectivity index (χ2n) is 6.15. The van der Waals surface area contributed by atoms with E-state index in [2.05, 4.69) is 0 Å². The lowest BCUT2D eigenvalue weighted by Gasteiger charge is -2.24. The number of hydrogen-bond acceptors (Lipinski definition) is 3. The monoisotopic (exact) mass is 310 g/mol. The maximum Gasteiger partial charge on any atom is 0.244 e. The number of aliphatic hydroxyl groups is 1. The number of carbonyl (C=O) groups is 1. The molecule has 1 amide bonds. The highest BCUT2D eigenvalue weighted by atomic mass is 19.1. The standard InChI is InChI=1S/C16H20F2N2O2/c1-10(21)11-5-7-19(9-11)14-6-8-20(16(14)22)15-12(17)3-2-4-13(15)18/h2-4,10-11,14,21H,5-9H2,1H3. The van der Waals surface area contributed by atoms with Crippen LogP contribution in [0.3, 0.4) is 0 Å². The number of amides is 1. The first-order valence-electron chi connectivity index (χ1n) is 7.66. The number of aliphatic hydroxyl groups excluding tert-OH is 1. The average molecular weight is 310 g/mol. The minimum atomic E-state index is -0.711. The Morgan fingerprint density at radius 3 is 2.50 bits per heavy atom. The summed E-state index contributed by atoms with van der Waals surface area (Å²) in [5.41, 5.74) is -0.249. The zero-order valence-corrected chi connectivity index (χ0v) is 12.5. The van der Waals surface area contributed by atoms with Gasteiger partial charge in [0.25, 0.3) is 0 Å². The summed E-state index contributed by atoms with van der Waals surface area (Å²) in [7, 11) is 0. The molecular weight excluding hydrogens is 290 g/mol. The van der Waals surface area contributed by atoms with E-state index in [9.17, 15) is 18.7 Å². The van der Waals surface area contributed by atoms with Crippen LogP contribution < -0.4 is 4.90 Å². The van der Waals surface area contributed by atoms with Gasteiger partial charge >= 0.3 is 0 Å². The fraction of sp³-hybridized carbons (Fsp3) is 0.562. The molecule has 3 unspecified atom stereocenters. The van der Waals surface area contributed by atoms with E-state index in [1.807, 2.05) is 4.90 Å². The van der Waals surface area contributed by atoms with Gasteiger partial charge in [-0.15, -0.1) is 0 Å². The molecule has 0 bridgehead atoms. The molecule has 6 heteroatoms. The lowest BCUT2D eigenvalue weighted by atomic mass is 10.0. The van der Waals surface area contributed by atoms with Crippen molar-refractivity contribution < 1.29 is 18.7 Å². The Bertz CT molecular complexity index is 559. The van der Waals surface area contributed by atoms with E-state index in [0.29, 0.717) is 19.5 Å². The molecule has 0 aromatic heterocycles. The van der Waals surface area contributed by atoms with E-state index in [1.54, 1.807) is 6.92 Å². The molecular formula is C16H20F2N2O2. The van der Waals surface area contributed by atoms with Crippen molar-refractivity contribution in [2.45, 2.75) is 31.9 Å². The zero-order chi connectivity index (χ0) is 15.9. The van der Waals surface area contributed by atoms with Gasteiger partial charge in [-0.05, 0) is 44.4 Å². The molecule has 4 nitrogen and oxygen atoms in total. The SMILES string of the molecule is CC(O)C1CCN(C2CCN(c3c(F)cccc3F)C2=O)C1. The Hall–Kier alpha value is -1.53. The lowest BCUT2D eigenvalue weighted by Crippen LogP contribution is -2.41. The van der Waals surface area contributed by atoms with Gasteiger partial charge in [-0.2, -0.15) is 0 Å². The van der Waals surface area contributed by atoms with Gasteiger partial charge in [0.1, 0.15) is 17.3 Å². The van der Waals surface area contributed by atoms with Gasteiger partial charge in [0.05, 0.1) is 12.1 Å². The number of hydrogen-bond donors (Lipinski definition) is 1. The molecule has 0 aliphatic carbocycles. The first-order valence-corrected chi connectivity index (χ1v) is 7.66. The number of halogens is 2. The second kappa shape index (κ2) is 5.93. The van der Waals surface area contributed by atoms with Crippen LogP contribution in [0.2, 0.25) is 0 Å². The molecule has 0 saturated carbocycles. The van der Waals surface area contributed by atoms with Crippen LogP contribution in [0.4, 0.5) is 14.5 Å². The van der Waals surface area contributed by atoms with E-state index in [-0.39, 0.29) is 23.6 Å². The third kappa shape index (κ3) is 2.61. The van der Waals surface area contributed by atoms with Gasteiger partial charge in [-0.25, -0.2) is 8.78 Å². The Labute approximate surface area is 128 Å². The molecule has 0 radical (unpaired) electrons. The molecule has 2 saturated heterocycles. The summed E-state index contributed by atoms with van der Waals surface area (Å²) in [6.45, 7) is 3.46. The summed E-state index contributed by atoms with van der Waals surface area (Å²) in [6, 6.07) is 3.28. The molecule has 0 spiro atoms. The number of likely N-dealkylation sites (tertiary alicyclic amines) is 1. The van der Waals surface area contributed by atoms with Gasteiger partial charge in [-0.3, -0.25) is 9.69 Å². The normalized spacial score (nSPS) is 27.6. The number of nitrogens with zero attached hydrogens (tertiary/aromatic N) is 2. The largest absolute Gasteiger partial charge is 0.393 e. The van der Waals surface area contributed by atoms with Crippen molar-refractivity contribution in [3.63, 3.8) is 0 Å². The van der Waals surface area contributed by atoms with E-state index in [4.69, 9.17) is 0 Å². The zero-order valence-electron chi connectivity index (χ0n) is 12.5. The van der Waals surface area contributed by atoms with Gasteiger partial charge in [-0.1, -0.05) is 6.07 Å². The van der Waals surface area contributed by atoms with Crippen LogP contribution in [-0.4, -0.2) is 47.7 Å². The van der Waals surface area contributed by atoms with Crippen LogP contribution in [0.1, 0.15) is 19.8 Å². The summed E-state index contributed by atoms with van der Waals surface area (Å²) in [4.78, 5) is 15.8. The second-order valence-corrected chi connectivity index (χ2v) is 6.15. The third-order valence-electron chi connectivity index (χ3n) is 4.76. The molecule has 1 aromatic rings. The number of anilines is 1. The van der Waals surface area contributed by atoms with Gasteiger partial charge in [0, 0.05) is 13.1 Å². The van der Waals surface area contributed by atoms with Crippen LogP contribution in [-0.2, 0) is 4.79 Å². The average Bonchev–Trinajstić information content (AvgIpc) is 3.06. The third-order valence-corrected chi connectivity index (χ3v) is 4.76. The van der Waals surface area contributed by atoms with Crippen molar-refractivity contribution >= 4 is 11.6 Å². The summed E-state index contributed by atoms with van der Waals surface area (Å²) >= 11 is 0. The van der Waals surface area contributed by atoms with Crippen molar-refractivity contribution in [1.29, 1.82) is 0 Å². The van der Waals surface area contributed by atoms with Gasteiger partial charge < -0.3 is 10.0 Å². The van der Waals surface area contributed by atoms with Crippen molar-refractivity contribution in [3.8, 4) is 0 Å². The van der Waals surface area contributed by atoms with Gasteiger partial charge in [0.15, 0.2) is 0 Å². The van der Waals surface area contributed by atoms with Crippen LogP contribution >= 0.6 is 0 Å². The first-order chi connectivity index (χ1) is 10.5. The van der Waals surface area contributed by atoms with Crippen molar-refractivity contribution in [1.82, 2.24) is 4.90 Å². The van der Waals surface area contributed by atoms with E-state index >= 15 is 0 Å². The van der Waals surface area contributed by atoms with Crippen LogP contribution in [0, 0.1) is 17.6 Å². The number of benzene rings is 1. The lowest BCUT2D eigenvalue weighted by molar-refractivity contribution is -0.121. The Morgan fingerprint density at radius 1 is 1.23 bits per heavy atom. The van der Waals surface area contributed by atoms with Gasteiger partial charge in [0.2, 0.25) is 5.91 Å². The highest BCUT2D eigenvalue weighted by Gasteiger charge is 2.41. The Kier molecular flexibility index (Phi) is 4.14. The molecule has 2 aliphatic rings. The smallest absolute Gasteiger partial charge is 0.244 e. The summed E-state index contributed by atoms with van der Waals surface area (Å²) in [6.07, 6.45) is 0.996. The quantitative estimate of drug-likeness (QED) is 0.925. The maximum atomic E-state index is 13.9. The fourth-order valence-corrected chi connectivity index (χ4v) is 3.46. The number of para-hydroxylation sites is 1. The summed E-state index contributed by atoms with van der Waals surface area (Å²) < 4.78 is 27.7. The molecule has 3 atom stereocenters. The molecule has 120 valence electrons. The Morgan fingerprint density at radius 2 is 1.91 bits per heavy atom. The summed E-state index contributed by atoms with van der Waals surface area (Å²) in [5.74, 6) is -1.52. The van der Waals surface area contributed by atoms with Crippen molar-refractivity contribution in [2.24, 2.45) is 5.92 Å². The number of carbonyl (C=O) groups excluding carboxylic acids is 1. The Balaban J connectivity index is 1.76. The van der Waals surface area contributed by atoms with Crippen LogP contribution in [0.5, 0.6) is 0 Å². The van der Waals surface area contributed by atoms with Crippen molar-refractivity contribution in [3.05, 3.63) is 29.8 Å². The van der Waals surface area contributed by atoms with Crippen LogP contribution in [0.25, 0.3) is 0 Å². The molecule has 22 heavy (non-hydrogen) atoms. The van der Waals surface area contributed by atoms with Crippen LogP contribution in [0.15, 0.2) is 18.2 Å². The minimum Gasteiger partial charge on any atom is -0.393 e. The highest BCUT2D eigenvalue weighted by Crippen LogP contribution is 2.31. The molecule has 2 fully saturated rings. The molecule has 2 aliphatic heterocycles.